The van der Waals surface area contributed by atoms with Crippen LogP contribution in [0.25, 0.3) is 0 Å². The lowest BCUT2D eigenvalue weighted by Crippen LogP contribution is -2.30. The molecule has 0 spiro atoms. The molecule has 3 atom stereocenters. The zero-order valence-corrected chi connectivity index (χ0v) is 15.0. The van der Waals surface area contributed by atoms with Gasteiger partial charge in [-0.3, -0.25) is 9.36 Å². The van der Waals surface area contributed by atoms with E-state index in [1.54, 1.807) is 37.4 Å². The van der Waals surface area contributed by atoms with Gasteiger partial charge >= 0.3 is 5.69 Å². The van der Waals surface area contributed by atoms with Crippen molar-refractivity contribution in [1.29, 1.82) is 0 Å². The number of hydrogen-bond donors (Lipinski definition) is 2. The number of rotatable bonds is 4. The van der Waals surface area contributed by atoms with Crippen molar-refractivity contribution in [3.63, 3.8) is 0 Å². The first-order valence-corrected chi connectivity index (χ1v) is 8.66. The van der Waals surface area contributed by atoms with Crippen molar-refractivity contribution in [2.24, 2.45) is 5.92 Å². The van der Waals surface area contributed by atoms with E-state index in [1.165, 1.54) is 4.57 Å². The summed E-state index contributed by atoms with van der Waals surface area (Å²) in [6.45, 7) is 5.68. The van der Waals surface area contributed by atoms with Gasteiger partial charge in [-0.2, -0.15) is 4.98 Å². The minimum absolute atomic E-state index is 0.143. The van der Waals surface area contributed by atoms with Crippen molar-refractivity contribution in [3.8, 4) is 0 Å². The molecule has 2 aromatic rings. The lowest BCUT2D eigenvalue weighted by molar-refractivity contribution is -0.0431. The number of hydrogen-bond acceptors (Lipinski definition) is 5. The summed E-state index contributed by atoms with van der Waals surface area (Å²) in [7, 11) is 0. The van der Waals surface area contributed by atoms with Crippen LogP contribution in [0.15, 0.2) is 41.3 Å². The number of ether oxygens (including phenoxy) is 1. The molecule has 1 aromatic heterocycles. The molecule has 2 heterocycles. The second-order valence-corrected chi connectivity index (χ2v) is 6.88. The molecule has 3 rings (SSSR count). The summed E-state index contributed by atoms with van der Waals surface area (Å²) in [6.07, 6.45) is 0.444. The van der Waals surface area contributed by atoms with Gasteiger partial charge in [-0.25, -0.2) is 4.79 Å². The number of nitrogens with zero attached hydrogens (tertiary/aromatic N) is 2. The number of carbonyl (C=O) groups is 1. The first-order valence-electron chi connectivity index (χ1n) is 8.66. The number of aliphatic hydroxyl groups excluding tert-OH is 1. The van der Waals surface area contributed by atoms with E-state index < -0.39 is 18.0 Å². The zero-order chi connectivity index (χ0) is 18.8. The molecular formula is C19H23N3O4. The van der Waals surface area contributed by atoms with Crippen molar-refractivity contribution in [2.75, 3.05) is 5.32 Å². The largest absolute Gasteiger partial charge is 0.390 e. The Labute approximate surface area is 151 Å². The van der Waals surface area contributed by atoms with Crippen LogP contribution in [0.1, 0.15) is 42.4 Å². The minimum atomic E-state index is -0.621. The summed E-state index contributed by atoms with van der Waals surface area (Å²) >= 11 is 0. The van der Waals surface area contributed by atoms with Crippen molar-refractivity contribution >= 4 is 11.7 Å². The topological polar surface area (TPSA) is 93.4 Å². The summed E-state index contributed by atoms with van der Waals surface area (Å²) in [4.78, 5) is 28.7. The maximum Gasteiger partial charge on any atom is 0.351 e. The molecule has 0 aliphatic carbocycles. The van der Waals surface area contributed by atoms with Crippen LogP contribution in [0.5, 0.6) is 0 Å². The van der Waals surface area contributed by atoms with E-state index in [0.717, 1.165) is 0 Å². The Hall–Kier alpha value is -2.51. The van der Waals surface area contributed by atoms with Gasteiger partial charge in [0.15, 0.2) is 0 Å². The van der Waals surface area contributed by atoms with Gasteiger partial charge in [0, 0.05) is 23.7 Å². The minimum Gasteiger partial charge on any atom is -0.390 e. The van der Waals surface area contributed by atoms with Gasteiger partial charge in [-0.05, 0) is 25.0 Å². The Balaban J connectivity index is 1.81. The average molecular weight is 357 g/mol. The number of aromatic nitrogens is 2. The Morgan fingerprint density at radius 1 is 1.35 bits per heavy atom. The fourth-order valence-electron chi connectivity index (χ4n) is 3.12. The monoisotopic (exact) mass is 357 g/mol. The highest BCUT2D eigenvalue weighted by Crippen LogP contribution is 2.31. The fourth-order valence-corrected chi connectivity index (χ4v) is 3.12. The number of carbonyl (C=O) groups excluding carboxylic acids is 1. The van der Waals surface area contributed by atoms with Crippen LogP contribution >= 0.6 is 0 Å². The zero-order valence-electron chi connectivity index (χ0n) is 15.0. The van der Waals surface area contributed by atoms with E-state index in [4.69, 9.17) is 4.74 Å². The maximum atomic E-state index is 12.4. The van der Waals surface area contributed by atoms with E-state index >= 15 is 0 Å². The van der Waals surface area contributed by atoms with Crippen LogP contribution in [-0.4, -0.2) is 32.8 Å². The lowest BCUT2D eigenvalue weighted by Gasteiger charge is -2.19. The van der Waals surface area contributed by atoms with E-state index in [2.05, 4.69) is 10.3 Å². The molecule has 7 heteroatoms. The van der Waals surface area contributed by atoms with E-state index in [1.807, 2.05) is 19.9 Å². The van der Waals surface area contributed by atoms with Crippen LogP contribution in [-0.2, 0) is 4.74 Å². The molecule has 0 unspecified atom stereocenters. The summed E-state index contributed by atoms with van der Waals surface area (Å²) in [5, 5.41) is 12.8. The van der Waals surface area contributed by atoms with Crippen LogP contribution in [0.2, 0.25) is 0 Å². The summed E-state index contributed by atoms with van der Waals surface area (Å²) in [5.41, 5.74) is 0.598. The SMILES string of the molecule is Cc1cn([C@H]2C[C@@H](O)[C@H](C(C)C)O2)c(=O)nc1NC(=O)c1ccccc1. The number of benzene rings is 1. The summed E-state index contributed by atoms with van der Waals surface area (Å²) < 4.78 is 7.21. The molecule has 7 nitrogen and oxygen atoms in total. The Kier molecular flexibility index (Phi) is 5.20. The van der Waals surface area contributed by atoms with Crippen LogP contribution in [0.4, 0.5) is 5.82 Å². The number of amides is 1. The van der Waals surface area contributed by atoms with Gasteiger partial charge in [0.2, 0.25) is 0 Å². The highest BCUT2D eigenvalue weighted by molar-refractivity contribution is 6.03. The number of aryl methyl sites for hydroxylation is 1. The normalized spacial score (nSPS) is 22.6. The third kappa shape index (κ3) is 3.68. The summed E-state index contributed by atoms with van der Waals surface area (Å²) in [5.74, 6) is 0.0361. The molecule has 0 radical (unpaired) electrons. The molecule has 1 saturated heterocycles. The van der Waals surface area contributed by atoms with Crippen molar-refractivity contribution in [1.82, 2.24) is 9.55 Å². The highest BCUT2D eigenvalue weighted by atomic mass is 16.5. The Morgan fingerprint density at radius 2 is 2.04 bits per heavy atom. The first-order chi connectivity index (χ1) is 12.4. The van der Waals surface area contributed by atoms with Crippen molar-refractivity contribution < 1.29 is 14.6 Å². The standard InChI is InChI=1S/C19H23N3O4/c1-11(2)16-14(23)9-15(26-16)22-10-12(3)17(21-19(22)25)20-18(24)13-7-5-4-6-8-13/h4-8,10-11,14-16,23H,9H2,1-3H3,(H,20,21,24,25)/t14-,15-,16+/m1/s1. The predicted octanol–water partition coefficient (Wildman–Crippen LogP) is 2.11. The summed E-state index contributed by atoms with van der Waals surface area (Å²) in [6, 6.07) is 8.72. The highest BCUT2D eigenvalue weighted by Gasteiger charge is 2.37. The first kappa shape index (κ1) is 18.3. The van der Waals surface area contributed by atoms with Crippen LogP contribution in [0, 0.1) is 12.8 Å². The van der Waals surface area contributed by atoms with Gasteiger partial charge in [-0.15, -0.1) is 0 Å². The number of nitrogens with one attached hydrogen (secondary N) is 1. The molecule has 0 bridgehead atoms. The van der Waals surface area contributed by atoms with Crippen LogP contribution < -0.4 is 11.0 Å². The second kappa shape index (κ2) is 7.39. The Bertz CT molecular complexity index is 848. The molecule has 26 heavy (non-hydrogen) atoms. The van der Waals surface area contributed by atoms with E-state index in [9.17, 15) is 14.7 Å². The average Bonchev–Trinajstić information content (AvgIpc) is 3.00. The van der Waals surface area contributed by atoms with Crippen molar-refractivity contribution in [2.45, 2.75) is 45.6 Å². The molecule has 1 amide bonds. The predicted molar refractivity (Wildman–Crippen MR) is 97.0 cm³/mol. The van der Waals surface area contributed by atoms with Crippen LogP contribution in [0.3, 0.4) is 0 Å². The van der Waals surface area contributed by atoms with Gasteiger partial charge in [0.1, 0.15) is 12.0 Å². The lowest BCUT2D eigenvalue weighted by atomic mass is 10.0. The molecule has 1 fully saturated rings. The third-order valence-corrected chi connectivity index (χ3v) is 4.51. The van der Waals surface area contributed by atoms with Gasteiger partial charge in [0.25, 0.3) is 5.91 Å². The second-order valence-electron chi connectivity index (χ2n) is 6.88. The molecule has 2 N–H and O–H groups in total. The molecular weight excluding hydrogens is 334 g/mol. The smallest absolute Gasteiger partial charge is 0.351 e. The van der Waals surface area contributed by atoms with Gasteiger partial charge in [-0.1, -0.05) is 32.0 Å². The molecule has 1 aliphatic heterocycles. The quantitative estimate of drug-likeness (QED) is 0.874. The molecule has 1 aromatic carbocycles. The number of anilines is 1. The fraction of sp³-hybridized carbons (Fsp3) is 0.421. The maximum absolute atomic E-state index is 12.4. The number of aliphatic hydroxyl groups is 1. The van der Waals surface area contributed by atoms with E-state index in [0.29, 0.717) is 17.5 Å². The molecule has 0 saturated carbocycles. The van der Waals surface area contributed by atoms with E-state index in [-0.39, 0.29) is 23.7 Å². The van der Waals surface area contributed by atoms with Gasteiger partial charge in [0.05, 0.1) is 12.2 Å². The molecule has 138 valence electrons. The third-order valence-electron chi connectivity index (χ3n) is 4.51. The van der Waals surface area contributed by atoms with Crippen molar-refractivity contribution in [3.05, 3.63) is 58.1 Å². The Morgan fingerprint density at radius 3 is 2.65 bits per heavy atom. The molecule has 1 aliphatic rings. The van der Waals surface area contributed by atoms with Gasteiger partial charge < -0.3 is 15.2 Å².